The summed E-state index contributed by atoms with van der Waals surface area (Å²) in [6.07, 6.45) is 7.76. The Labute approximate surface area is 246 Å². The molecule has 2 bridgehead atoms. The number of halogens is 2. The summed E-state index contributed by atoms with van der Waals surface area (Å²) in [6.45, 7) is 2.40. The maximum atomic E-state index is 13.9. The van der Waals surface area contributed by atoms with Crippen molar-refractivity contribution in [3.05, 3.63) is 80.7 Å². The largest absolute Gasteiger partial charge is 0.382 e. The van der Waals surface area contributed by atoms with E-state index >= 15 is 0 Å². The van der Waals surface area contributed by atoms with Gasteiger partial charge in [0.05, 0.1) is 5.25 Å². The average molecular weight is 617 g/mol. The van der Waals surface area contributed by atoms with Crippen LogP contribution in [-0.2, 0) is 15.6 Å². The van der Waals surface area contributed by atoms with E-state index in [2.05, 4.69) is 24.6 Å². The quantitative estimate of drug-likeness (QED) is 0.375. The highest BCUT2D eigenvalue weighted by atomic mass is 35.5. The molecule has 4 aliphatic rings. The molecule has 9 nitrogen and oxygen atoms in total. The van der Waals surface area contributed by atoms with Gasteiger partial charge >= 0.3 is 0 Å². The van der Waals surface area contributed by atoms with Crippen molar-refractivity contribution in [2.75, 3.05) is 6.54 Å². The number of thiazole rings is 1. The first-order chi connectivity index (χ1) is 19.6. The maximum Gasteiger partial charge on any atom is 0.215 e. The SMILES string of the molecule is CC1=C2CC(NS(=O)(=O)C3C4CCC3CC(O)(c3ncc[nH]3)C4)CN2C(c2nccs2)=N[C@H]1c1ccc(F)cc1Cl. The van der Waals surface area contributed by atoms with E-state index < -0.39 is 32.7 Å². The molecule has 3 aromatic rings. The van der Waals surface area contributed by atoms with Gasteiger partial charge in [0.2, 0.25) is 10.0 Å². The normalized spacial score (nSPS) is 31.5. The van der Waals surface area contributed by atoms with Gasteiger partial charge < -0.3 is 15.0 Å². The predicted octanol–water partition coefficient (Wildman–Crippen LogP) is 4.50. The molecule has 7 rings (SSSR count). The number of imidazole rings is 1. The minimum Gasteiger partial charge on any atom is -0.382 e. The third kappa shape index (κ3) is 4.64. The summed E-state index contributed by atoms with van der Waals surface area (Å²) >= 11 is 7.92. The van der Waals surface area contributed by atoms with Crippen molar-refractivity contribution in [1.82, 2.24) is 24.6 Å². The van der Waals surface area contributed by atoms with Gasteiger partial charge in [0.15, 0.2) is 10.8 Å². The fourth-order valence-corrected chi connectivity index (χ4v) is 10.6. The van der Waals surface area contributed by atoms with E-state index in [1.807, 2.05) is 12.3 Å². The molecule has 1 saturated heterocycles. The molecule has 216 valence electrons. The fraction of sp³-hybridized carbons (Fsp3) is 0.464. The molecule has 2 saturated carbocycles. The van der Waals surface area contributed by atoms with Crippen molar-refractivity contribution in [3.63, 3.8) is 0 Å². The molecule has 0 radical (unpaired) electrons. The number of hydrogen-bond acceptors (Lipinski definition) is 8. The van der Waals surface area contributed by atoms with Crippen LogP contribution < -0.4 is 4.72 Å². The lowest BCUT2D eigenvalue weighted by Crippen LogP contribution is -2.51. The average Bonchev–Trinajstić information content (AvgIpc) is 3.72. The molecule has 3 N–H and O–H groups in total. The molecule has 2 aromatic heterocycles. The number of aliphatic hydroxyl groups is 1. The highest BCUT2D eigenvalue weighted by Gasteiger charge is 2.55. The van der Waals surface area contributed by atoms with Gasteiger partial charge in [0.25, 0.3) is 0 Å². The fourth-order valence-electron chi connectivity index (χ4n) is 7.44. The minimum atomic E-state index is -3.69. The number of sulfonamides is 1. The van der Waals surface area contributed by atoms with Crippen LogP contribution in [-0.4, -0.2) is 57.0 Å². The lowest BCUT2D eigenvalue weighted by atomic mass is 9.76. The second kappa shape index (κ2) is 9.98. The highest BCUT2D eigenvalue weighted by Crippen LogP contribution is 2.52. The molecule has 41 heavy (non-hydrogen) atoms. The van der Waals surface area contributed by atoms with Crippen molar-refractivity contribution in [1.29, 1.82) is 0 Å². The van der Waals surface area contributed by atoms with Crippen molar-refractivity contribution in [2.24, 2.45) is 16.8 Å². The molecular formula is C28H30ClFN6O3S2. The zero-order valence-corrected chi connectivity index (χ0v) is 24.7. The first-order valence-corrected chi connectivity index (χ1v) is 16.6. The molecule has 13 heteroatoms. The van der Waals surface area contributed by atoms with Crippen LogP contribution in [0.1, 0.15) is 61.5 Å². The van der Waals surface area contributed by atoms with Crippen molar-refractivity contribution in [3.8, 4) is 0 Å². The molecular weight excluding hydrogens is 587 g/mol. The summed E-state index contributed by atoms with van der Waals surface area (Å²) in [5, 5.41) is 13.7. The molecule has 2 aliphatic heterocycles. The van der Waals surface area contributed by atoms with Crippen LogP contribution in [0.15, 0.2) is 58.4 Å². The first-order valence-electron chi connectivity index (χ1n) is 13.8. The molecule has 3 unspecified atom stereocenters. The molecule has 4 atom stereocenters. The lowest BCUT2D eigenvalue weighted by molar-refractivity contribution is -0.0311. The summed E-state index contributed by atoms with van der Waals surface area (Å²) in [5.41, 5.74) is 1.48. The number of aliphatic imine (C=N–C) groups is 1. The summed E-state index contributed by atoms with van der Waals surface area (Å²) in [6, 6.07) is 3.53. The Morgan fingerprint density at radius 3 is 2.66 bits per heavy atom. The van der Waals surface area contributed by atoms with Crippen LogP contribution >= 0.6 is 22.9 Å². The van der Waals surface area contributed by atoms with Crippen LogP contribution in [0.2, 0.25) is 5.02 Å². The van der Waals surface area contributed by atoms with E-state index in [0.717, 1.165) is 29.1 Å². The third-order valence-corrected chi connectivity index (χ3v) is 12.3. The second-order valence-corrected chi connectivity index (χ2v) is 14.8. The Balaban J connectivity index is 1.16. The maximum absolute atomic E-state index is 13.9. The summed E-state index contributed by atoms with van der Waals surface area (Å²) < 4.78 is 44.7. The molecule has 0 spiro atoms. The number of nitrogens with one attached hydrogen (secondary N) is 2. The van der Waals surface area contributed by atoms with Gasteiger partial charge in [-0.05, 0) is 67.7 Å². The van der Waals surface area contributed by atoms with E-state index in [1.54, 1.807) is 24.7 Å². The monoisotopic (exact) mass is 616 g/mol. The molecule has 1 aromatic carbocycles. The van der Waals surface area contributed by atoms with E-state index in [1.165, 1.54) is 23.5 Å². The van der Waals surface area contributed by atoms with E-state index in [4.69, 9.17) is 16.6 Å². The number of nitrogens with zero attached hydrogens (tertiary/aromatic N) is 4. The number of hydrogen-bond donors (Lipinski definition) is 3. The van der Waals surface area contributed by atoms with Crippen molar-refractivity contribution < 1.29 is 17.9 Å². The van der Waals surface area contributed by atoms with Crippen LogP contribution in [0.3, 0.4) is 0 Å². The van der Waals surface area contributed by atoms with Crippen LogP contribution in [0, 0.1) is 17.7 Å². The number of aromatic amines is 1. The second-order valence-electron chi connectivity index (χ2n) is 11.6. The van der Waals surface area contributed by atoms with Gasteiger partial charge in [-0.1, -0.05) is 17.7 Å². The van der Waals surface area contributed by atoms with Gasteiger partial charge in [0.1, 0.15) is 23.3 Å². The summed E-state index contributed by atoms with van der Waals surface area (Å²) in [5.74, 6) is 0.458. The number of H-pyrrole nitrogens is 1. The topological polar surface area (TPSA) is 124 Å². The van der Waals surface area contributed by atoms with Gasteiger partial charge in [-0.25, -0.2) is 27.5 Å². The minimum absolute atomic E-state index is 0.149. The van der Waals surface area contributed by atoms with Crippen molar-refractivity contribution in [2.45, 2.75) is 62.0 Å². The van der Waals surface area contributed by atoms with Gasteiger partial charge in [-0.15, -0.1) is 11.3 Å². The Morgan fingerprint density at radius 2 is 2.00 bits per heavy atom. The zero-order chi connectivity index (χ0) is 28.5. The van der Waals surface area contributed by atoms with Gasteiger partial charge in [0, 0.05) is 53.7 Å². The Kier molecular flexibility index (Phi) is 6.62. The van der Waals surface area contributed by atoms with Crippen LogP contribution in [0.4, 0.5) is 4.39 Å². The van der Waals surface area contributed by atoms with Gasteiger partial charge in [-0.3, -0.25) is 4.99 Å². The third-order valence-electron chi connectivity index (χ3n) is 9.09. The molecule has 3 fully saturated rings. The van der Waals surface area contributed by atoms with Crippen LogP contribution in [0.25, 0.3) is 0 Å². The zero-order valence-electron chi connectivity index (χ0n) is 22.3. The molecule has 0 amide bonds. The van der Waals surface area contributed by atoms with Gasteiger partial charge in [-0.2, -0.15) is 0 Å². The van der Waals surface area contributed by atoms with E-state index in [-0.39, 0.29) is 17.9 Å². The number of fused-ring (bicyclic) bond motifs is 3. The van der Waals surface area contributed by atoms with E-state index in [9.17, 15) is 17.9 Å². The summed E-state index contributed by atoms with van der Waals surface area (Å²) in [7, 11) is -3.69. The number of aromatic nitrogens is 3. The van der Waals surface area contributed by atoms with Crippen molar-refractivity contribution >= 4 is 38.8 Å². The Hall–Kier alpha value is -2.64. The summed E-state index contributed by atoms with van der Waals surface area (Å²) in [4.78, 5) is 18.8. The van der Waals surface area contributed by atoms with E-state index in [0.29, 0.717) is 48.1 Å². The molecule has 4 heterocycles. The Morgan fingerprint density at radius 1 is 1.22 bits per heavy atom. The number of amidine groups is 1. The number of benzene rings is 1. The highest BCUT2D eigenvalue weighted by molar-refractivity contribution is 7.90. The smallest absolute Gasteiger partial charge is 0.215 e. The van der Waals surface area contributed by atoms with Crippen LogP contribution in [0.5, 0.6) is 0 Å². The Bertz CT molecular complexity index is 1630. The standard InChI is InChI=1S/C28H30ClFN6O3S2/c1-15-22-11-19(35-41(38,39)24-16-2-3-17(24)13-28(37,12-16)27-32-6-7-33-27)14-36(22)25(26-31-8-9-40-26)34-23(15)20-5-4-18(30)10-21(20)29/h4-10,16-17,19,23-24,35,37H,2-3,11-14H2,1H3,(H,32,33)/t16?,17?,19?,23-,24?,28?/m1/s1. The predicted molar refractivity (Wildman–Crippen MR) is 154 cm³/mol. The number of rotatable bonds is 6. The first kappa shape index (κ1) is 27.2. The lowest BCUT2D eigenvalue weighted by Gasteiger charge is -2.40. The molecule has 2 aliphatic carbocycles.